The Morgan fingerprint density at radius 1 is 1.10 bits per heavy atom. The van der Waals surface area contributed by atoms with Crippen molar-refractivity contribution in [3.05, 3.63) is 63.6 Å². The second kappa shape index (κ2) is 5.47. The van der Waals surface area contributed by atoms with E-state index in [0.29, 0.717) is 29.6 Å². The zero-order chi connectivity index (χ0) is 14.1. The van der Waals surface area contributed by atoms with Gasteiger partial charge in [-0.25, -0.2) is 0 Å². The zero-order valence-corrected chi connectivity index (χ0v) is 12.3. The molecule has 102 valence electrons. The maximum absolute atomic E-state index is 11.9. The molecule has 2 aromatic carbocycles. The van der Waals surface area contributed by atoms with Crippen LogP contribution in [-0.2, 0) is 6.54 Å². The van der Waals surface area contributed by atoms with Crippen molar-refractivity contribution in [1.29, 1.82) is 0 Å². The molecule has 1 heterocycles. The molecule has 0 bridgehead atoms. The van der Waals surface area contributed by atoms with Crippen molar-refractivity contribution in [2.45, 2.75) is 13.0 Å². The van der Waals surface area contributed by atoms with E-state index in [1.165, 1.54) is 0 Å². The first-order valence-electron chi connectivity index (χ1n) is 6.46. The highest BCUT2D eigenvalue weighted by Gasteiger charge is 2.22. The minimum Gasteiger partial charge on any atom is -0.366 e. The van der Waals surface area contributed by atoms with Crippen LogP contribution in [0.5, 0.6) is 0 Å². The average molecular weight is 306 g/mol. The Morgan fingerprint density at radius 3 is 2.75 bits per heavy atom. The van der Waals surface area contributed by atoms with Crippen LogP contribution in [0, 0.1) is 0 Å². The maximum Gasteiger partial charge on any atom is 0.166 e. The predicted molar refractivity (Wildman–Crippen MR) is 82.9 cm³/mol. The highest BCUT2D eigenvalue weighted by Crippen LogP contribution is 2.30. The van der Waals surface area contributed by atoms with Gasteiger partial charge in [0.2, 0.25) is 0 Å². The summed E-state index contributed by atoms with van der Waals surface area (Å²) >= 11 is 12.2. The third kappa shape index (κ3) is 2.54. The van der Waals surface area contributed by atoms with Gasteiger partial charge in [0.05, 0.1) is 0 Å². The van der Waals surface area contributed by atoms with Crippen molar-refractivity contribution in [3.8, 4) is 0 Å². The molecule has 0 atom stereocenters. The van der Waals surface area contributed by atoms with Crippen LogP contribution in [0.3, 0.4) is 0 Å². The Bertz CT molecular complexity index is 669. The highest BCUT2D eigenvalue weighted by atomic mass is 35.5. The van der Waals surface area contributed by atoms with Crippen molar-refractivity contribution in [3.63, 3.8) is 0 Å². The molecule has 2 aromatic rings. The molecule has 0 spiro atoms. The van der Waals surface area contributed by atoms with E-state index in [1.807, 2.05) is 30.3 Å². The molecule has 0 N–H and O–H groups in total. The highest BCUT2D eigenvalue weighted by molar-refractivity contribution is 6.33. The minimum atomic E-state index is 0.203. The first-order chi connectivity index (χ1) is 9.65. The Balaban J connectivity index is 1.94. The fraction of sp³-hybridized carbons (Fsp3) is 0.188. The van der Waals surface area contributed by atoms with Gasteiger partial charge in [-0.15, -0.1) is 0 Å². The molecule has 1 aliphatic heterocycles. The third-order valence-corrected chi connectivity index (χ3v) is 4.13. The molecular weight excluding hydrogens is 293 g/mol. The Labute approximate surface area is 127 Å². The van der Waals surface area contributed by atoms with Crippen LogP contribution in [0.4, 0.5) is 5.69 Å². The van der Waals surface area contributed by atoms with Gasteiger partial charge >= 0.3 is 0 Å². The summed E-state index contributed by atoms with van der Waals surface area (Å²) < 4.78 is 0. The molecule has 20 heavy (non-hydrogen) atoms. The number of nitrogens with zero attached hydrogens (tertiary/aromatic N) is 1. The van der Waals surface area contributed by atoms with E-state index in [1.54, 1.807) is 12.1 Å². The molecule has 1 aliphatic rings. The summed E-state index contributed by atoms with van der Waals surface area (Å²) in [6, 6.07) is 13.2. The van der Waals surface area contributed by atoms with Crippen molar-refractivity contribution >= 4 is 34.7 Å². The number of para-hydroxylation sites is 1. The van der Waals surface area contributed by atoms with Crippen molar-refractivity contribution in [2.24, 2.45) is 0 Å². The van der Waals surface area contributed by atoms with Crippen LogP contribution in [0.1, 0.15) is 22.3 Å². The normalized spacial score (nSPS) is 14.3. The number of hydrogen-bond acceptors (Lipinski definition) is 2. The van der Waals surface area contributed by atoms with Crippen LogP contribution in [0.15, 0.2) is 42.5 Å². The number of anilines is 1. The number of fused-ring (bicyclic) bond motifs is 1. The fourth-order valence-electron chi connectivity index (χ4n) is 2.51. The number of rotatable bonds is 2. The second-order valence-electron chi connectivity index (χ2n) is 4.85. The molecule has 4 heteroatoms. The van der Waals surface area contributed by atoms with Gasteiger partial charge < -0.3 is 4.90 Å². The average Bonchev–Trinajstić information content (AvgIpc) is 2.46. The first kappa shape index (κ1) is 13.5. The first-order valence-corrected chi connectivity index (χ1v) is 7.22. The monoisotopic (exact) mass is 305 g/mol. The van der Waals surface area contributed by atoms with Crippen LogP contribution in [-0.4, -0.2) is 12.3 Å². The molecule has 0 saturated heterocycles. The number of Topliss-reactive ketones (excluding diaryl/α,β-unsaturated/α-hetero) is 1. The summed E-state index contributed by atoms with van der Waals surface area (Å²) in [6.45, 7) is 1.36. The lowest BCUT2D eigenvalue weighted by molar-refractivity contribution is 0.0979. The van der Waals surface area contributed by atoms with Crippen LogP contribution < -0.4 is 4.90 Å². The molecule has 0 saturated carbocycles. The van der Waals surface area contributed by atoms with E-state index in [4.69, 9.17) is 23.2 Å². The van der Waals surface area contributed by atoms with E-state index in [2.05, 4.69) is 4.90 Å². The van der Waals surface area contributed by atoms with Crippen LogP contribution >= 0.6 is 23.2 Å². The van der Waals surface area contributed by atoms with E-state index in [-0.39, 0.29) is 5.78 Å². The summed E-state index contributed by atoms with van der Waals surface area (Å²) in [5, 5.41) is 1.37. The Kier molecular flexibility index (Phi) is 3.68. The number of carbonyl (C=O) groups excluding carboxylic acids is 1. The largest absolute Gasteiger partial charge is 0.366 e. The molecule has 0 unspecified atom stereocenters. The number of halogens is 2. The zero-order valence-electron chi connectivity index (χ0n) is 10.8. The summed E-state index contributed by atoms with van der Waals surface area (Å²) in [4.78, 5) is 14.1. The molecule has 0 amide bonds. The smallest absolute Gasteiger partial charge is 0.166 e. The predicted octanol–water partition coefficient (Wildman–Crippen LogP) is 4.59. The van der Waals surface area contributed by atoms with E-state index >= 15 is 0 Å². The second-order valence-corrected chi connectivity index (χ2v) is 5.69. The number of ketones is 1. The topological polar surface area (TPSA) is 20.3 Å². The van der Waals surface area contributed by atoms with Gasteiger partial charge in [-0.3, -0.25) is 4.79 Å². The Hall–Kier alpha value is -1.51. The van der Waals surface area contributed by atoms with Gasteiger partial charge in [0.15, 0.2) is 5.78 Å². The minimum absolute atomic E-state index is 0.203. The Morgan fingerprint density at radius 2 is 1.90 bits per heavy atom. The molecule has 3 rings (SSSR count). The maximum atomic E-state index is 11.9. The summed E-state index contributed by atoms with van der Waals surface area (Å²) in [7, 11) is 0. The molecular formula is C16H13Cl2NO. The van der Waals surface area contributed by atoms with Gasteiger partial charge in [0.1, 0.15) is 0 Å². The van der Waals surface area contributed by atoms with E-state index in [9.17, 15) is 4.79 Å². The third-order valence-electron chi connectivity index (χ3n) is 3.52. The lowest BCUT2D eigenvalue weighted by Gasteiger charge is -2.30. The number of benzene rings is 2. The summed E-state index contributed by atoms with van der Waals surface area (Å²) in [6.07, 6.45) is 0.537. The number of hydrogen-bond donors (Lipinski definition) is 0. The van der Waals surface area contributed by atoms with Crippen LogP contribution in [0.25, 0.3) is 0 Å². The molecule has 0 fully saturated rings. The van der Waals surface area contributed by atoms with Crippen molar-refractivity contribution in [2.75, 3.05) is 11.4 Å². The van der Waals surface area contributed by atoms with Crippen LogP contribution in [0.2, 0.25) is 10.0 Å². The molecule has 0 aliphatic carbocycles. The molecule has 2 nitrogen and oxygen atoms in total. The quantitative estimate of drug-likeness (QED) is 0.809. The molecule has 0 aromatic heterocycles. The lowest BCUT2D eigenvalue weighted by Crippen LogP contribution is -2.31. The SMILES string of the molecule is O=C1CCN(Cc2cc(Cl)ccc2Cl)c2ccccc21. The van der Waals surface area contributed by atoms with Crippen molar-refractivity contribution < 1.29 is 4.79 Å². The summed E-state index contributed by atoms with van der Waals surface area (Å²) in [5.74, 6) is 0.203. The molecule has 0 radical (unpaired) electrons. The van der Waals surface area contributed by atoms with Gasteiger partial charge in [0.25, 0.3) is 0 Å². The summed E-state index contributed by atoms with van der Waals surface area (Å²) in [5.41, 5.74) is 2.74. The van der Waals surface area contributed by atoms with Gasteiger partial charge in [-0.05, 0) is 35.9 Å². The van der Waals surface area contributed by atoms with Gasteiger partial charge in [-0.2, -0.15) is 0 Å². The van der Waals surface area contributed by atoms with Crippen molar-refractivity contribution in [1.82, 2.24) is 0 Å². The van der Waals surface area contributed by atoms with Gasteiger partial charge in [-0.1, -0.05) is 35.3 Å². The van der Waals surface area contributed by atoms with E-state index in [0.717, 1.165) is 16.8 Å². The fourth-order valence-corrected chi connectivity index (χ4v) is 2.88. The van der Waals surface area contributed by atoms with Gasteiger partial charge in [0, 0.05) is 40.8 Å². The lowest BCUT2D eigenvalue weighted by atomic mass is 10.00. The van der Waals surface area contributed by atoms with E-state index < -0.39 is 0 Å². The standard InChI is InChI=1S/C16H13Cl2NO/c17-12-5-6-14(18)11(9-12)10-19-8-7-16(20)13-3-1-2-4-15(13)19/h1-6,9H,7-8,10H2. The number of carbonyl (C=O) groups is 1.